The number of thiophene rings is 1. The van der Waals surface area contributed by atoms with Crippen LogP contribution >= 0.6 is 11.3 Å². The molecular formula is C13H20N4O2S. The van der Waals surface area contributed by atoms with Gasteiger partial charge in [0.15, 0.2) is 0 Å². The number of anilines is 2. The molecule has 0 saturated heterocycles. The Morgan fingerprint density at radius 1 is 1.40 bits per heavy atom. The molecule has 1 heterocycles. The molecule has 0 radical (unpaired) electrons. The van der Waals surface area contributed by atoms with Crippen LogP contribution in [0.2, 0.25) is 0 Å². The predicted molar refractivity (Wildman–Crippen MR) is 81.6 cm³/mol. The van der Waals surface area contributed by atoms with E-state index in [-0.39, 0.29) is 23.5 Å². The second-order valence-corrected chi connectivity index (χ2v) is 5.87. The van der Waals surface area contributed by atoms with E-state index in [0.717, 1.165) is 24.4 Å². The van der Waals surface area contributed by atoms with Gasteiger partial charge in [-0.15, -0.1) is 11.3 Å². The van der Waals surface area contributed by atoms with Gasteiger partial charge in [0.25, 0.3) is 11.8 Å². The lowest BCUT2D eigenvalue weighted by atomic mass is 10.2. The lowest BCUT2D eigenvalue weighted by Crippen LogP contribution is -2.26. The maximum atomic E-state index is 12.2. The van der Waals surface area contributed by atoms with Gasteiger partial charge in [-0.05, 0) is 19.8 Å². The van der Waals surface area contributed by atoms with Crippen LogP contribution in [0.4, 0.5) is 10.7 Å². The Morgan fingerprint density at radius 2 is 2.05 bits per heavy atom. The van der Waals surface area contributed by atoms with Crippen LogP contribution in [0, 0.1) is 0 Å². The Morgan fingerprint density at radius 3 is 2.55 bits per heavy atom. The maximum Gasteiger partial charge on any atom is 0.263 e. The molecule has 1 fully saturated rings. The minimum absolute atomic E-state index is 0.184. The number of nitrogens with zero attached hydrogens (tertiary/aromatic N) is 1. The standard InChI is InChI=1S/C13H20N4O2S/c1-4-17(3)13-8(11(18)15-2)9(14)10(20-13)12(19)16-7-5-6-7/h7H,4-6,14H2,1-3H3,(H,15,18)(H,16,19). The van der Waals surface area contributed by atoms with Crippen LogP contribution in [0.15, 0.2) is 0 Å². The number of nitrogens with one attached hydrogen (secondary N) is 2. The van der Waals surface area contributed by atoms with Crippen LogP contribution in [0.3, 0.4) is 0 Å². The van der Waals surface area contributed by atoms with Crippen LogP contribution in [-0.2, 0) is 0 Å². The van der Waals surface area contributed by atoms with E-state index in [4.69, 9.17) is 5.73 Å². The first kappa shape index (κ1) is 14.6. The fourth-order valence-electron chi connectivity index (χ4n) is 1.84. The zero-order valence-electron chi connectivity index (χ0n) is 11.9. The summed E-state index contributed by atoms with van der Waals surface area (Å²) >= 11 is 1.27. The number of carbonyl (C=O) groups excluding carboxylic acids is 2. The van der Waals surface area contributed by atoms with E-state index < -0.39 is 0 Å². The van der Waals surface area contributed by atoms with Crippen molar-refractivity contribution in [1.29, 1.82) is 0 Å². The molecule has 1 saturated carbocycles. The summed E-state index contributed by atoms with van der Waals surface area (Å²) in [6.45, 7) is 2.71. The molecule has 4 N–H and O–H groups in total. The molecule has 1 aliphatic carbocycles. The van der Waals surface area contributed by atoms with E-state index >= 15 is 0 Å². The summed E-state index contributed by atoms with van der Waals surface area (Å²) in [5.74, 6) is -0.449. The number of nitrogens with two attached hydrogens (primary N) is 1. The van der Waals surface area contributed by atoms with Crippen molar-refractivity contribution in [3.05, 3.63) is 10.4 Å². The summed E-state index contributed by atoms with van der Waals surface area (Å²) in [6, 6.07) is 0.264. The molecule has 1 aromatic heterocycles. The Kier molecular flexibility index (Phi) is 4.17. The van der Waals surface area contributed by atoms with E-state index in [0.29, 0.717) is 10.4 Å². The number of hydrogen-bond acceptors (Lipinski definition) is 5. The Bertz CT molecular complexity index is 537. The Balaban J connectivity index is 2.39. The molecule has 110 valence electrons. The van der Waals surface area contributed by atoms with Gasteiger partial charge < -0.3 is 21.3 Å². The summed E-state index contributed by atoms with van der Waals surface area (Å²) in [6.07, 6.45) is 2.03. The van der Waals surface area contributed by atoms with E-state index in [1.165, 1.54) is 11.3 Å². The van der Waals surface area contributed by atoms with Crippen molar-refractivity contribution in [3.8, 4) is 0 Å². The van der Waals surface area contributed by atoms with E-state index in [1.807, 2.05) is 18.9 Å². The van der Waals surface area contributed by atoms with E-state index in [9.17, 15) is 9.59 Å². The third-order valence-corrected chi connectivity index (χ3v) is 4.64. The molecule has 0 spiro atoms. The van der Waals surface area contributed by atoms with Crippen molar-refractivity contribution in [3.63, 3.8) is 0 Å². The van der Waals surface area contributed by atoms with Crippen molar-refractivity contribution in [2.75, 3.05) is 31.3 Å². The lowest BCUT2D eigenvalue weighted by molar-refractivity contribution is 0.0955. The van der Waals surface area contributed by atoms with Crippen LogP contribution in [-0.4, -0.2) is 38.5 Å². The molecule has 2 rings (SSSR count). The SMILES string of the molecule is CCN(C)c1sc(C(=O)NC2CC2)c(N)c1C(=O)NC. The number of hydrogen-bond donors (Lipinski definition) is 3. The maximum absolute atomic E-state index is 12.2. The molecule has 1 aromatic rings. The smallest absolute Gasteiger partial charge is 0.263 e. The summed E-state index contributed by atoms with van der Waals surface area (Å²) in [5, 5.41) is 6.21. The second-order valence-electron chi connectivity index (χ2n) is 4.87. The highest BCUT2D eigenvalue weighted by Crippen LogP contribution is 2.38. The first-order valence-corrected chi connectivity index (χ1v) is 7.47. The Hall–Kier alpha value is -1.76. The monoisotopic (exact) mass is 296 g/mol. The average molecular weight is 296 g/mol. The fourth-order valence-corrected chi connectivity index (χ4v) is 2.98. The largest absolute Gasteiger partial charge is 0.397 e. The highest BCUT2D eigenvalue weighted by molar-refractivity contribution is 7.19. The van der Waals surface area contributed by atoms with Gasteiger partial charge in [0, 0.05) is 26.7 Å². The summed E-state index contributed by atoms with van der Waals surface area (Å²) < 4.78 is 0. The lowest BCUT2D eigenvalue weighted by Gasteiger charge is -2.16. The zero-order valence-corrected chi connectivity index (χ0v) is 12.8. The normalized spacial score (nSPS) is 13.9. The zero-order chi connectivity index (χ0) is 14.9. The van der Waals surface area contributed by atoms with E-state index in [2.05, 4.69) is 10.6 Å². The molecule has 0 unspecified atom stereocenters. The van der Waals surface area contributed by atoms with Gasteiger partial charge in [-0.3, -0.25) is 9.59 Å². The van der Waals surface area contributed by atoms with Gasteiger partial charge in [0.05, 0.1) is 11.3 Å². The molecule has 7 heteroatoms. The molecule has 1 aliphatic rings. The number of amides is 2. The third-order valence-electron chi connectivity index (χ3n) is 3.32. The fraction of sp³-hybridized carbons (Fsp3) is 0.538. The topological polar surface area (TPSA) is 87.5 Å². The molecule has 20 heavy (non-hydrogen) atoms. The van der Waals surface area contributed by atoms with Gasteiger partial charge in [0.2, 0.25) is 0 Å². The summed E-state index contributed by atoms with van der Waals surface area (Å²) in [7, 11) is 3.43. The number of rotatable bonds is 5. The van der Waals surface area contributed by atoms with Crippen LogP contribution in [0.1, 0.15) is 39.8 Å². The minimum Gasteiger partial charge on any atom is -0.397 e. The predicted octanol–water partition coefficient (Wildman–Crippen LogP) is 1.04. The molecule has 2 amide bonds. The highest BCUT2D eigenvalue weighted by Gasteiger charge is 2.30. The van der Waals surface area contributed by atoms with Gasteiger partial charge in [-0.1, -0.05) is 0 Å². The minimum atomic E-state index is -0.264. The summed E-state index contributed by atoms with van der Waals surface area (Å²) in [5.41, 5.74) is 6.69. The highest BCUT2D eigenvalue weighted by atomic mass is 32.1. The van der Waals surface area contributed by atoms with Crippen LogP contribution in [0.5, 0.6) is 0 Å². The van der Waals surface area contributed by atoms with Crippen LogP contribution < -0.4 is 21.3 Å². The van der Waals surface area contributed by atoms with Gasteiger partial charge in [-0.25, -0.2) is 0 Å². The first-order valence-electron chi connectivity index (χ1n) is 6.65. The molecule has 6 nitrogen and oxygen atoms in total. The van der Waals surface area contributed by atoms with Crippen molar-refractivity contribution < 1.29 is 9.59 Å². The third kappa shape index (κ3) is 2.72. The first-order chi connectivity index (χ1) is 9.49. The molecule has 0 aromatic carbocycles. The molecular weight excluding hydrogens is 276 g/mol. The number of carbonyl (C=O) groups is 2. The molecule has 0 aliphatic heterocycles. The Labute approximate surface area is 122 Å². The second kappa shape index (κ2) is 5.70. The van der Waals surface area contributed by atoms with Crippen molar-refractivity contribution in [2.45, 2.75) is 25.8 Å². The van der Waals surface area contributed by atoms with Crippen molar-refractivity contribution >= 4 is 33.8 Å². The molecule has 0 atom stereocenters. The van der Waals surface area contributed by atoms with Gasteiger partial charge >= 0.3 is 0 Å². The van der Waals surface area contributed by atoms with Gasteiger partial charge in [-0.2, -0.15) is 0 Å². The molecule has 0 bridgehead atoms. The summed E-state index contributed by atoms with van der Waals surface area (Å²) in [4.78, 5) is 26.5. The quantitative estimate of drug-likeness (QED) is 0.757. The van der Waals surface area contributed by atoms with Crippen molar-refractivity contribution in [1.82, 2.24) is 10.6 Å². The van der Waals surface area contributed by atoms with E-state index in [1.54, 1.807) is 7.05 Å². The van der Waals surface area contributed by atoms with Gasteiger partial charge in [0.1, 0.15) is 9.88 Å². The van der Waals surface area contributed by atoms with Crippen LogP contribution in [0.25, 0.3) is 0 Å². The van der Waals surface area contributed by atoms with Crippen molar-refractivity contribution in [2.24, 2.45) is 0 Å². The number of nitrogen functional groups attached to an aromatic ring is 1. The average Bonchev–Trinajstić information content (AvgIpc) is 3.18.